The standard InChI is InChI=1S/C13H22N3/c1-14-8-13-5-7-16(2,11-13)10-12-4-3-6-15-9-12/h3-4,6,9,13-14H,5,7-8,10-11H2,1-2H3/q+1. The van der Waals surface area contributed by atoms with E-state index in [-0.39, 0.29) is 0 Å². The topological polar surface area (TPSA) is 24.9 Å². The molecule has 0 aromatic carbocycles. The van der Waals surface area contributed by atoms with Crippen LogP contribution in [0.5, 0.6) is 0 Å². The van der Waals surface area contributed by atoms with Gasteiger partial charge in [0.1, 0.15) is 6.54 Å². The number of hydrogen-bond acceptors (Lipinski definition) is 2. The minimum atomic E-state index is 0.840. The molecule has 3 nitrogen and oxygen atoms in total. The third-order valence-electron chi connectivity index (χ3n) is 3.56. The smallest absolute Gasteiger partial charge is 0.106 e. The number of hydrogen-bond donors (Lipinski definition) is 1. The largest absolute Gasteiger partial charge is 0.322 e. The van der Waals surface area contributed by atoms with Crippen LogP contribution in [0.15, 0.2) is 24.5 Å². The van der Waals surface area contributed by atoms with E-state index in [0.29, 0.717) is 0 Å². The highest BCUT2D eigenvalue weighted by Gasteiger charge is 2.33. The van der Waals surface area contributed by atoms with Crippen molar-refractivity contribution >= 4 is 0 Å². The van der Waals surface area contributed by atoms with Crippen LogP contribution in [0.25, 0.3) is 0 Å². The highest BCUT2D eigenvalue weighted by atomic mass is 15.3. The van der Waals surface area contributed by atoms with E-state index < -0.39 is 0 Å². The SMILES string of the molecule is CNCC1CC[N+](C)(Cc2cccnc2)C1. The zero-order chi connectivity index (χ0) is 11.4. The van der Waals surface area contributed by atoms with Gasteiger partial charge in [0.2, 0.25) is 0 Å². The molecule has 0 saturated carbocycles. The van der Waals surface area contributed by atoms with Gasteiger partial charge in [0, 0.05) is 36.8 Å². The third kappa shape index (κ3) is 2.80. The van der Waals surface area contributed by atoms with Gasteiger partial charge in [0.25, 0.3) is 0 Å². The van der Waals surface area contributed by atoms with E-state index >= 15 is 0 Å². The number of rotatable bonds is 4. The van der Waals surface area contributed by atoms with Crippen molar-refractivity contribution in [3.05, 3.63) is 30.1 Å². The summed E-state index contributed by atoms with van der Waals surface area (Å²) in [7, 11) is 4.41. The van der Waals surface area contributed by atoms with Crippen LogP contribution in [0.1, 0.15) is 12.0 Å². The molecule has 0 radical (unpaired) electrons. The summed E-state index contributed by atoms with van der Waals surface area (Å²) in [5, 5.41) is 3.29. The van der Waals surface area contributed by atoms with Gasteiger partial charge >= 0.3 is 0 Å². The van der Waals surface area contributed by atoms with Crippen LogP contribution in [0.3, 0.4) is 0 Å². The van der Waals surface area contributed by atoms with Gasteiger partial charge in [0.15, 0.2) is 0 Å². The van der Waals surface area contributed by atoms with Crippen LogP contribution in [-0.4, -0.2) is 43.2 Å². The van der Waals surface area contributed by atoms with Crippen molar-refractivity contribution in [2.45, 2.75) is 13.0 Å². The number of pyridine rings is 1. The van der Waals surface area contributed by atoms with Gasteiger partial charge in [-0.05, 0) is 13.1 Å². The Hall–Kier alpha value is -0.930. The first kappa shape index (κ1) is 11.6. The summed E-state index contributed by atoms with van der Waals surface area (Å²) in [5.74, 6) is 0.840. The van der Waals surface area contributed by atoms with E-state index in [1.807, 2.05) is 25.5 Å². The Morgan fingerprint density at radius 1 is 1.56 bits per heavy atom. The zero-order valence-corrected chi connectivity index (χ0v) is 10.3. The molecule has 1 aromatic heterocycles. The van der Waals surface area contributed by atoms with E-state index in [1.165, 1.54) is 25.1 Å². The average molecular weight is 220 g/mol. The number of quaternary nitrogens is 1. The van der Waals surface area contributed by atoms with Crippen LogP contribution in [-0.2, 0) is 6.54 Å². The minimum Gasteiger partial charge on any atom is -0.322 e. The first-order valence-corrected chi connectivity index (χ1v) is 6.09. The van der Waals surface area contributed by atoms with Gasteiger partial charge in [-0.3, -0.25) is 4.98 Å². The van der Waals surface area contributed by atoms with Crippen molar-refractivity contribution in [3.63, 3.8) is 0 Å². The summed E-state index contributed by atoms with van der Waals surface area (Å²) in [6.45, 7) is 4.85. The predicted molar refractivity (Wildman–Crippen MR) is 65.9 cm³/mol. The number of likely N-dealkylation sites (tertiary alicyclic amines) is 1. The summed E-state index contributed by atoms with van der Waals surface area (Å²) in [4.78, 5) is 4.19. The second-order valence-electron chi connectivity index (χ2n) is 5.26. The quantitative estimate of drug-likeness (QED) is 0.773. The monoisotopic (exact) mass is 220 g/mol. The van der Waals surface area contributed by atoms with Crippen molar-refractivity contribution in [3.8, 4) is 0 Å². The first-order valence-electron chi connectivity index (χ1n) is 6.09. The molecule has 1 fully saturated rings. The molecule has 2 rings (SSSR count). The van der Waals surface area contributed by atoms with Crippen molar-refractivity contribution in [2.75, 3.05) is 33.7 Å². The Morgan fingerprint density at radius 3 is 3.12 bits per heavy atom. The summed E-state index contributed by atoms with van der Waals surface area (Å²) in [6, 6.07) is 4.21. The number of nitrogens with zero attached hydrogens (tertiary/aromatic N) is 2. The highest BCUT2D eigenvalue weighted by molar-refractivity contribution is 5.06. The molecular weight excluding hydrogens is 198 g/mol. The summed E-state index contributed by atoms with van der Waals surface area (Å²) in [6.07, 6.45) is 5.18. The lowest BCUT2D eigenvalue weighted by molar-refractivity contribution is -0.912. The number of aromatic nitrogens is 1. The Bertz CT molecular complexity index is 325. The average Bonchev–Trinajstić information content (AvgIpc) is 2.62. The molecule has 1 aromatic rings. The van der Waals surface area contributed by atoms with E-state index in [1.54, 1.807) is 0 Å². The lowest BCUT2D eigenvalue weighted by atomic mass is 10.1. The maximum atomic E-state index is 4.19. The molecule has 0 aliphatic carbocycles. The maximum Gasteiger partial charge on any atom is 0.106 e. The molecular formula is C13H22N3+. The summed E-state index contributed by atoms with van der Waals surface area (Å²) in [5.41, 5.74) is 1.36. The molecule has 1 aliphatic rings. The molecule has 2 heterocycles. The number of nitrogens with one attached hydrogen (secondary N) is 1. The lowest BCUT2D eigenvalue weighted by Gasteiger charge is -2.29. The zero-order valence-electron chi connectivity index (χ0n) is 10.3. The Kier molecular flexibility index (Phi) is 3.56. The molecule has 1 aliphatic heterocycles. The van der Waals surface area contributed by atoms with Gasteiger partial charge in [-0.1, -0.05) is 6.07 Å². The minimum absolute atomic E-state index is 0.840. The van der Waals surface area contributed by atoms with Crippen LogP contribution < -0.4 is 5.32 Å². The highest BCUT2D eigenvalue weighted by Crippen LogP contribution is 2.24. The molecule has 1 saturated heterocycles. The second-order valence-corrected chi connectivity index (χ2v) is 5.26. The van der Waals surface area contributed by atoms with Crippen LogP contribution in [0, 0.1) is 5.92 Å². The fourth-order valence-corrected chi connectivity index (χ4v) is 2.83. The van der Waals surface area contributed by atoms with Crippen LogP contribution in [0.4, 0.5) is 0 Å². The Morgan fingerprint density at radius 2 is 2.44 bits per heavy atom. The fourth-order valence-electron chi connectivity index (χ4n) is 2.83. The summed E-state index contributed by atoms with van der Waals surface area (Å²) < 4.78 is 1.16. The summed E-state index contributed by atoms with van der Waals surface area (Å²) >= 11 is 0. The molecule has 0 amide bonds. The van der Waals surface area contributed by atoms with Crippen molar-refractivity contribution in [1.29, 1.82) is 0 Å². The van der Waals surface area contributed by atoms with E-state index in [0.717, 1.165) is 23.5 Å². The molecule has 0 bridgehead atoms. The normalized spacial score (nSPS) is 29.5. The molecule has 16 heavy (non-hydrogen) atoms. The van der Waals surface area contributed by atoms with E-state index in [9.17, 15) is 0 Å². The maximum absolute atomic E-state index is 4.19. The molecule has 2 unspecified atom stereocenters. The van der Waals surface area contributed by atoms with Crippen LogP contribution in [0.2, 0.25) is 0 Å². The van der Waals surface area contributed by atoms with Gasteiger partial charge in [0.05, 0.1) is 20.1 Å². The Balaban J connectivity index is 1.95. The van der Waals surface area contributed by atoms with E-state index in [2.05, 4.69) is 23.4 Å². The Labute approximate surface area is 98.1 Å². The molecule has 1 N–H and O–H groups in total. The first-order chi connectivity index (χ1) is 7.72. The van der Waals surface area contributed by atoms with Crippen molar-refractivity contribution in [2.24, 2.45) is 5.92 Å². The predicted octanol–water partition coefficient (Wildman–Crippen LogP) is 1.27. The third-order valence-corrected chi connectivity index (χ3v) is 3.56. The van der Waals surface area contributed by atoms with Gasteiger partial charge in [-0.25, -0.2) is 0 Å². The van der Waals surface area contributed by atoms with Gasteiger partial charge < -0.3 is 9.80 Å². The molecule has 0 spiro atoms. The lowest BCUT2D eigenvalue weighted by Crippen LogP contribution is -2.41. The van der Waals surface area contributed by atoms with E-state index in [4.69, 9.17) is 0 Å². The molecule has 88 valence electrons. The van der Waals surface area contributed by atoms with Crippen molar-refractivity contribution in [1.82, 2.24) is 10.3 Å². The molecule has 3 heteroatoms. The fraction of sp³-hybridized carbons (Fsp3) is 0.615. The van der Waals surface area contributed by atoms with Crippen LogP contribution >= 0.6 is 0 Å². The van der Waals surface area contributed by atoms with Gasteiger partial charge in [-0.2, -0.15) is 0 Å². The molecule has 2 atom stereocenters. The van der Waals surface area contributed by atoms with Gasteiger partial charge in [-0.15, -0.1) is 0 Å². The second kappa shape index (κ2) is 4.93. The van der Waals surface area contributed by atoms with Crippen molar-refractivity contribution < 1.29 is 4.48 Å².